The molecule has 2 amide bonds. The fourth-order valence-electron chi connectivity index (χ4n) is 4.33. The Hall–Kier alpha value is -3.58. The number of amides is 2. The molecule has 1 aromatic heterocycles. The second-order valence-corrected chi connectivity index (χ2v) is 8.91. The Balaban J connectivity index is 1.52. The van der Waals surface area contributed by atoms with Crippen LogP contribution in [0.5, 0.6) is 5.75 Å². The molecule has 7 nitrogen and oxygen atoms in total. The fraction of sp³-hybridized carbons (Fsp3) is 0.357. The molecule has 35 heavy (non-hydrogen) atoms. The van der Waals surface area contributed by atoms with Crippen LogP contribution in [-0.4, -0.2) is 43.5 Å². The highest BCUT2D eigenvalue weighted by Crippen LogP contribution is 2.38. The Morgan fingerprint density at radius 3 is 2.66 bits per heavy atom. The summed E-state index contributed by atoms with van der Waals surface area (Å²) in [6.07, 6.45) is 0.803. The third-order valence-corrected chi connectivity index (χ3v) is 6.10. The molecule has 2 aromatic carbocycles. The first-order valence-corrected chi connectivity index (χ1v) is 11.9. The van der Waals surface area contributed by atoms with E-state index < -0.39 is 0 Å². The summed E-state index contributed by atoms with van der Waals surface area (Å²) in [5.41, 5.74) is 3.37. The Morgan fingerprint density at radius 1 is 1.11 bits per heavy atom. The van der Waals surface area contributed by atoms with Crippen LogP contribution in [-0.2, 0) is 22.6 Å². The molecule has 4 rings (SSSR count). The molecule has 1 aliphatic heterocycles. The van der Waals surface area contributed by atoms with Crippen molar-refractivity contribution in [3.63, 3.8) is 0 Å². The molecule has 1 atom stereocenters. The first-order valence-electron chi connectivity index (χ1n) is 11.9. The van der Waals surface area contributed by atoms with Gasteiger partial charge in [0.15, 0.2) is 5.76 Å². The van der Waals surface area contributed by atoms with Gasteiger partial charge in [0.1, 0.15) is 18.1 Å². The van der Waals surface area contributed by atoms with E-state index in [9.17, 15) is 9.59 Å². The van der Waals surface area contributed by atoms with Gasteiger partial charge in [-0.15, -0.1) is 0 Å². The van der Waals surface area contributed by atoms with E-state index in [0.717, 1.165) is 17.5 Å². The quantitative estimate of drug-likeness (QED) is 0.464. The molecule has 0 bridgehead atoms. The Labute approximate surface area is 206 Å². The fourth-order valence-corrected chi connectivity index (χ4v) is 4.33. The average Bonchev–Trinajstić information content (AvgIpc) is 3.36. The van der Waals surface area contributed by atoms with Crippen LogP contribution >= 0.6 is 0 Å². The second kappa shape index (κ2) is 11.2. The molecule has 0 saturated heterocycles. The van der Waals surface area contributed by atoms with E-state index in [1.165, 1.54) is 5.56 Å². The number of carbonyl (C=O) groups excluding carboxylic acids is 2. The number of ether oxygens (including phenoxy) is 2. The highest BCUT2D eigenvalue weighted by molar-refractivity contribution is 5.91. The maximum atomic E-state index is 13.1. The van der Waals surface area contributed by atoms with Crippen LogP contribution < -0.4 is 10.1 Å². The van der Waals surface area contributed by atoms with Gasteiger partial charge in [-0.05, 0) is 47.4 Å². The third kappa shape index (κ3) is 5.74. The molecule has 3 aromatic rings. The molecule has 0 spiro atoms. The van der Waals surface area contributed by atoms with Gasteiger partial charge >= 0.3 is 0 Å². The molecule has 0 aliphatic carbocycles. The number of benzene rings is 2. The molecule has 184 valence electrons. The van der Waals surface area contributed by atoms with Crippen LogP contribution in [0.1, 0.15) is 52.9 Å². The molecular formula is C28H32N2O5. The van der Waals surface area contributed by atoms with E-state index in [2.05, 4.69) is 23.5 Å². The van der Waals surface area contributed by atoms with Gasteiger partial charge in [0.05, 0.1) is 12.6 Å². The number of methoxy groups -OCH3 is 1. The number of furan rings is 1. The second-order valence-electron chi connectivity index (χ2n) is 8.91. The number of hydrogen-bond donors (Lipinski definition) is 1. The predicted molar refractivity (Wildman–Crippen MR) is 132 cm³/mol. The van der Waals surface area contributed by atoms with Crippen molar-refractivity contribution in [1.82, 2.24) is 10.2 Å². The van der Waals surface area contributed by atoms with Crippen LogP contribution in [0.25, 0.3) is 0 Å². The summed E-state index contributed by atoms with van der Waals surface area (Å²) < 4.78 is 16.6. The van der Waals surface area contributed by atoms with Gasteiger partial charge in [-0.3, -0.25) is 9.59 Å². The smallest absolute Gasteiger partial charge is 0.287 e. The molecule has 0 radical (unpaired) electrons. The zero-order valence-electron chi connectivity index (χ0n) is 20.5. The SMILES string of the molecule is COCCNC(=O)c1ccc(COc2ccc3c(c2)[C@H](c2ccccc2)N(C(=O)C(C)C)CC3)o1. The molecule has 1 N–H and O–H groups in total. The van der Waals surface area contributed by atoms with Crippen molar-refractivity contribution in [3.8, 4) is 5.75 Å². The zero-order chi connectivity index (χ0) is 24.8. The summed E-state index contributed by atoms with van der Waals surface area (Å²) in [4.78, 5) is 27.2. The minimum Gasteiger partial charge on any atom is -0.486 e. The average molecular weight is 477 g/mol. The zero-order valence-corrected chi connectivity index (χ0v) is 20.5. The van der Waals surface area contributed by atoms with Crippen molar-refractivity contribution in [3.05, 3.63) is 88.9 Å². The molecule has 1 aliphatic rings. The number of carbonyl (C=O) groups is 2. The maximum absolute atomic E-state index is 13.1. The molecule has 2 heterocycles. The van der Waals surface area contributed by atoms with E-state index in [0.29, 0.717) is 31.2 Å². The minimum absolute atomic E-state index is 0.0814. The van der Waals surface area contributed by atoms with Crippen molar-refractivity contribution in [1.29, 1.82) is 0 Å². The van der Waals surface area contributed by atoms with Crippen LogP contribution in [0.4, 0.5) is 0 Å². The van der Waals surface area contributed by atoms with Crippen molar-refractivity contribution in [2.45, 2.75) is 32.9 Å². The molecule has 0 unspecified atom stereocenters. The summed E-state index contributed by atoms with van der Waals surface area (Å²) in [7, 11) is 1.58. The normalized spacial score (nSPS) is 15.1. The van der Waals surface area contributed by atoms with Gasteiger partial charge < -0.3 is 24.1 Å². The number of nitrogens with zero attached hydrogens (tertiary/aromatic N) is 1. The van der Waals surface area contributed by atoms with Crippen molar-refractivity contribution >= 4 is 11.8 Å². The van der Waals surface area contributed by atoms with Crippen molar-refractivity contribution in [2.24, 2.45) is 5.92 Å². The lowest BCUT2D eigenvalue weighted by Crippen LogP contribution is -2.42. The third-order valence-electron chi connectivity index (χ3n) is 6.10. The van der Waals surface area contributed by atoms with Crippen LogP contribution in [0.15, 0.2) is 65.1 Å². The Morgan fingerprint density at radius 2 is 1.91 bits per heavy atom. The van der Waals surface area contributed by atoms with Crippen LogP contribution in [0, 0.1) is 5.92 Å². The molecular weight excluding hydrogens is 444 g/mol. The van der Waals surface area contributed by atoms with Gasteiger partial charge in [-0.25, -0.2) is 0 Å². The summed E-state index contributed by atoms with van der Waals surface area (Å²) in [5.74, 6) is 1.24. The highest BCUT2D eigenvalue weighted by atomic mass is 16.5. The standard InChI is InChI=1S/C28H32N2O5/c1-19(2)28(32)30-15-13-20-9-10-22(17-24(20)26(30)21-7-5-4-6-8-21)34-18-23-11-12-25(35-23)27(31)29-14-16-33-3/h4-12,17,19,26H,13-16,18H2,1-3H3,(H,29,31)/t26-/m0/s1. The number of nitrogens with one attached hydrogen (secondary N) is 1. The molecule has 0 saturated carbocycles. The summed E-state index contributed by atoms with van der Waals surface area (Å²) in [6, 6.07) is 19.4. The number of hydrogen-bond acceptors (Lipinski definition) is 5. The maximum Gasteiger partial charge on any atom is 0.287 e. The highest BCUT2D eigenvalue weighted by Gasteiger charge is 2.33. The van der Waals surface area contributed by atoms with Gasteiger partial charge in [-0.2, -0.15) is 0 Å². The molecule has 0 fully saturated rings. The topological polar surface area (TPSA) is 81.0 Å². The van der Waals surface area contributed by atoms with Gasteiger partial charge in [0.2, 0.25) is 5.91 Å². The first kappa shape index (κ1) is 24.5. The molecule has 7 heteroatoms. The largest absolute Gasteiger partial charge is 0.486 e. The van der Waals surface area contributed by atoms with Crippen molar-refractivity contribution < 1.29 is 23.5 Å². The predicted octanol–water partition coefficient (Wildman–Crippen LogP) is 4.36. The summed E-state index contributed by atoms with van der Waals surface area (Å²) >= 11 is 0. The first-order chi connectivity index (χ1) is 17.0. The van der Waals surface area contributed by atoms with E-state index in [1.54, 1.807) is 19.2 Å². The van der Waals surface area contributed by atoms with Gasteiger partial charge in [0, 0.05) is 26.1 Å². The monoisotopic (exact) mass is 476 g/mol. The lowest BCUT2D eigenvalue weighted by molar-refractivity contribution is -0.136. The Kier molecular flexibility index (Phi) is 7.87. The van der Waals surface area contributed by atoms with Gasteiger partial charge in [-0.1, -0.05) is 50.2 Å². The number of fused-ring (bicyclic) bond motifs is 1. The van der Waals surface area contributed by atoms with E-state index in [-0.39, 0.29) is 36.1 Å². The lowest BCUT2D eigenvalue weighted by Gasteiger charge is -2.39. The van der Waals surface area contributed by atoms with E-state index in [4.69, 9.17) is 13.9 Å². The summed E-state index contributed by atoms with van der Waals surface area (Å²) in [6.45, 7) is 5.60. The van der Waals surface area contributed by atoms with Crippen LogP contribution in [0.3, 0.4) is 0 Å². The lowest BCUT2D eigenvalue weighted by atomic mass is 9.87. The van der Waals surface area contributed by atoms with E-state index >= 15 is 0 Å². The summed E-state index contributed by atoms with van der Waals surface area (Å²) in [5, 5.41) is 2.73. The van der Waals surface area contributed by atoms with Gasteiger partial charge in [0.25, 0.3) is 5.91 Å². The Bertz CT molecular complexity index is 1160. The van der Waals surface area contributed by atoms with Crippen molar-refractivity contribution in [2.75, 3.05) is 26.8 Å². The van der Waals surface area contributed by atoms with E-state index in [1.807, 2.05) is 49.1 Å². The van der Waals surface area contributed by atoms with Crippen LogP contribution in [0.2, 0.25) is 0 Å². The number of rotatable bonds is 9. The minimum atomic E-state index is -0.289.